The van der Waals surface area contributed by atoms with Gasteiger partial charge in [0.05, 0.1) is 0 Å². The van der Waals surface area contributed by atoms with Crippen molar-refractivity contribution in [2.24, 2.45) is 0 Å². The Hall–Kier alpha value is -0.610. The zero-order valence-electron chi connectivity index (χ0n) is 10.2. The lowest BCUT2D eigenvalue weighted by Gasteiger charge is -2.38. The Bertz CT molecular complexity index is 228. The minimum Gasteiger partial charge on any atom is -0.340 e. The minimum atomic E-state index is 0.224. The lowest BCUT2D eigenvalue weighted by atomic mass is 10.1. The minimum absolute atomic E-state index is 0.224. The van der Waals surface area contributed by atoms with Crippen LogP contribution in [0.3, 0.4) is 0 Å². The Kier molecular flexibility index (Phi) is 4.18. The summed E-state index contributed by atoms with van der Waals surface area (Å²) >= 11 is 0. The van der Waals surface area contributed by atoms with E-state index in [-0.39, 0.29) is 5.91 Å². The summed E-state index contributed by atoms with van der Waals surface area (Å²) in [5.41, 5.74) is 0. The normalized spacial score (nSPS) is 28.8. The topological polar surface area (TPSA) is 35.6 Å². The molecular weight excluding hydrogens is 202 g/mol. The highest BCUT2D eigenvalue weighted by atomic mass is 16.2. The molecule has 0 saturated carbocycles. The molecule has 0 aromatic heterocycles. The summed E-state index contributed by atoms with van der Waals surface area (Å²) in [4.78, 5) is 15.8. The van der Waals surface area contributed by atoms with E-state index in [0.29, 0.717) is 0 Å². The van der Waals surface area contributed by atoms with Gasteiger partial charge in [0.2, 0.25) is 5.91 Å². The highest BCUT2D eigenvalue weighted by Crippen LogP contribution is 2.15. The van der Waals surface area contributed by atoms with Crippen LogP contribution in [0.4, 0.5) is 0 Å². The molecule has 0 aromatic carbocycles. The largest absolute Gasteiger partial charge is 0.340 e. The van der Waals surface area contributed by atoms with Gasteiger partial charge in [0.15, 0.2) is 0 Å². The van der Waals surface area contributed by atoms with E-state index in [1.165, 1.54) is 25.8 Å². The molecule has 1 amide bonds. The summed E-state index contributed by atoms with van der Waals surface area (Å²) in [7, 11) is 0. The fourth-order valence-electron chi connectivity index (χ4n) is 2.77. The summed E-state index contributed by atoms with van der Waals surface area (Å²) in [5, 5.41) is 3.45. The van der Waals surface area contributed by atoms with Crippen LogP contribution in [-0.4, -0.2) is 61.0 Å². The fraction of sp³-hybridized carbons (Fsp3) is 0.917. The lowest BCUT2D eigenvalue weighted by Crippen LogP contribution is -2.51. The van der Waals surface area contributed by atoms with E-state index in [1.54, 1.807) is 6.92 Å². The van der Waals surface area contributed by atoms with Crippen LogP contribution in [0.15, 0.2) is 0 Å². The van der Waals surface area contributed by atoms with Crippen molar-refractivity contribution in [1.82, 2.24) is 15.1 Å². The van der Waals surface area contributed by atoms with Crippen LogP contribution in [0.2, 0.25) is 0 Å². The first-order chi connectivity index (χ1) is 7.77. The van der Waals surface area contributed by atoms with E-state index in [2.05, 4.69) is 10.2 Å². The molecule has 2 heterocycles. The highest BCUT2D eigenvalue weighted by molar-refractivity contribution is 5.73. The summed E-state index contributed by atoms with van der Waals surface area (Å²) in [6.45, 7) is 7.94. The molecule has 0 aromatic rings. The van der Waals surface area contributed by atoms with Crippen molar-refractivity contribution in [2.75, 3.05) is 39.3 Å². The predicted molar refractivity (Wildman–Crippen MR) is 64.3 cm³/mol. The van der Waals surface area contributed by atoms with Gasteiger partial charge < -0.3 is 10.2 Å². The predicted octanol–water partition coefficient (Wildman–Crippen LogP) is 0.293. The maximum atomic E-state index is 11.2. The summed E-state index contributed by atoms with van der Waals surface area (Å²) in [6, 6.07) is 0.740. The van der Waals surface area contributed by atoms with Gasteiger partial charge in [-0.1, -0.05) is 0 Å². The second-order valence-electron chi connectivity index (χ2n) is 4.88. The van der Waals surface area contributed by atoms with E-state index < -0.39 is 0 Å². The van der Waals surface area contributed by atoms with Gasteiger partial charge in [-0.05, 0) is 32.4 Å². The molecule has 0 bridgehead atoms. The molecule has 0 spiro atoms. The monoisotopic (exact) mass is 225 g/mol. The first-order valence-electron chi connectivity index (χ1n) is 6.47. The first-order valence-corrected chi connectivity index (χ1v) is 6.47. The molecule has 4 heteroatoms. The Balaban J connectivity index is 1.81. The molecular formula is C12H23N3O. The highest BCUT2D eigenvalue weighted by Gasteiger charge is 2.24. The van der Waals surface area contributed by atoms with Gasteiger partial charge >= 0.3 is 0 Å². The summed E-state index contributed by atoms with van der Waals surface area (Å²) in [6.07, 6.45) is 3.87. The molecule has 0 aliphatic carbocycles. The SMILES string of the molecule is CC(=O)N1CCN(C2CCCNCC2)CC1. The van der Waals surface area contributed by atoms with Gasteiger partial charge in [-0.15, -0.1) is 0 Å². The molecule has 2 fully saturated rings. The molecule has 1 atom stereocenters. The van der Waals surface area contributed by atoms with Gasteiger partial charge in [-0.2, -0.15) is 0 Å². The van der Waals surface area contributed by atoms with Crippen LogP contribution in [0.5, 0.6) is 0 Å². The zero-order valence-corrected chi connectivity index (χ0v) is 10.2. The van der Waals surface area contributed by atoms with E-state index in [9.17, 15) is 4.79 Å². The van der Waals surface area contributed by atoms with Crippen LogP contribution in [0.25, 0.3) is 0 Å². The Labute approximate surface area is 98.0 Å². The van der Waals surface area contributed by atoms with Crippen molar-refractivity contribution in [1.29, 1.82) is 0 Å². The Morgan fingerprint density at radius 1 is 1.12 bits per heavy atom. The van der Waals surface area contributed by atoms with Crippen molar-refractivity contribution >= 4 is 5.91 Å². The third kappa shape index (κ3) is 2.95. The molecule has 1 N–H and O–H groups in total. The second-order valence-corrected chi connectivity index (χ2v) is 4.88. The molecule has 2 saturated heterocycles. The van der Waals surface area contributed by atoms with Gasteiger partial charge in [-0.3, -0.25) is 9.69 Å². The molecule has 1 unspecified atom stereocenters. The molecule has 2 aliphatic rings. The van der Waals surface area contributed by atoms with E-state index in [0.717, 1.165) is 38.8 Å². The van der Waals surface area contributed by atoms with Crippen LogP contribution < -0.4 is 5.32 Å². The number of carbonyl (C=O) groups excluding carboxylic acids is 1. The standard InChI is InChI=1S/C12H23N3O/c1-11(16)14-7-9-15(10-8-14)12-3-2-5-13-6-4-12/h12-13H,2-10H2,1H3. The van der Waals surface area contributed by atoms with Crippen LogP contribution in [0, 0.1) is 0 Å². The number of hydrogen-bond acceptors (Lipinski definition) is 3. The van der Waals surface area contributed by atoms with Crippen molar-refractivity contribution < 1.29 is 4.79 Å². The average molecular weight is 225 g/mol. The maximum Gasteiger partial charge on any atom is 0.219 e. The van der Waals surface area contributed by atoms with E-state index >= 15 is 0 Å². The summed E-state index contributed by atoms with van der Waals surface area (Å²) in [5.74, 6) is 0.224. The quantitative estimate of drug-likeness (QED) is 0.697. The van der Waals surface area contributed by atoms with Crippen molar-refractivity contribution in [2.45, 2.75) is 32.2 Å². The molecule has 4 nitrogen and oxygen atoms in total. The zero-order chi connectivity index (χ0) is 11.4. The second kappa shape index (κ2) is 5.64. The maximum absolute atomic E-state index is 11.2. The van der Waals surface area contributed by atoms with Crippen LogP contribution in [-0.2, 0) is 4.79 Å². The van der Waals surface area contributed by atoms with Crippen molar-refractivity contribution in [3.05, 3.63) is 0 Å². The Morgan fingerprint density at radius 3 is 2.56 bits per heavy atom. The number of nitrogens with zero attached hydrogens (tertiary/aromatic N) is 2. The van der Waals surface area contributed by atoms with Crippen LogP contribution >= 0.6 is 0 Å². The molecule has 2 rings (SSSR count). The van der Waals surface area contributed by atoms with E-state index in [4.69, 9.17) is 0 Å². The van der Waals surface area contributed by atoms with Gasteiger partial charge in [0.25, 0.3) is 0 Å². The van der Waals surface area contributed by atoms with Gasteiger partial charge in [-0.25, -0.2) is 0 Å². The molecule has 0 radical (unpaired) electrons. The van der Waals surface area contributed by atoms with Gasteiger partial charge in [0, 0.05) is 39.1 Å². The van der Waals surface area contributed by atoms with E-state index in [1.807, 2.05) is 4.90 Å². The fourth-order valence-corrected chi connectivity index (χ4v) is 2.77. The number of amides is 1. The van der Waals surface area contributed by atoms with Crippen molar-refractivity contribution in [3.63, 3.8) is 0 Å². The number of piperazine rings is 1. The average Bonchev–Trinajstić information content (AvgIpc) is 2.57. The first kappa shape index (κ1) is 11.9. The Morgan fingerprint density at radius 2 is 1.88 bits per heavy atom. The van der Waals surface area contributed by atoms with Gasteiger partial charge in [0.1, 0.15) is 0 Å². The molecule has 2 aliphatic heterocycles. The number of rotatable bonds is 1. The molecule has 16 heavy (non-hydrogen) atoms. The third-order valence-electron chi connectivity index (χ3n) is 3.82. The third-order valence-corrected chi connectivity index (χ3v) is 3.82. The smallest absolute Gasteiger partial charge is 0.219 e. The summed E-state index contributed by atoms with van der Waals surface area (Å²) < 4.78 is 0. The number of hydrogen-bond donors (Lipinski definition) is 1. The van der Waals surface area contributed by atoms with Crippen molar-refractivity contribution in [3.8, 4) is 0 Å². The number of carbonyl (C=O) groups is 1. The molecule has 92 valence electrons. The van der Waals surface area contributed by atoms with Crippen LogP contribution in [0.1, 0.15) is 26.2 Å². The lowest BCUT2D eigenvalue weighted by molar-refractivity contribution is -0.130. The number of nitrogens with one attached hydrogen (secondary N) is 1.